The summed E-state index contributed by atoms with van der Waals surface area (Å²) in [6, 6.07) is 5.57. The van der Waals surface area contributed by atoms with E-state index < -0.39 is 0 Å². The Labute approximate surface area is 146 Å². The molecule has 24 heavy (non-hydrogen) atoms. The number of anilines is 1. The van der Waals surface area contributed by atoms with E-state index in [2.05, 4.69) is 12.2 Å². The number of ether oxygens (including phenoxy) is 1. The highest BCUT2D eigenvalue weighted by atomic mass is 32.2. The molecule has 0 saturated heterocycles. The SMILES string of the molecule is CC1CCCC(OC(=O)C(C)SCC(=O)Nc2ccc(F)cc2)C1. The van der Waals surface area contributed by atoms with Crippen LogP contribution in [0.4, 0.5) is 10.1 Å². The Balaban J connectivity index is 1.71. The molecule has 0 heterocycles. The molecule has 4 nitrogen and oxygen atoms in total. The quantitative estimate of drug-likeness (QED) is 0.785. The van der Waals surface area contributed by atoms with Crippen LogP contribution in [0.1, 0.15) is 39.5 Å². The summed E-state index contributed by atoms with van der Waals surface area (Å²) in [6.07, 6.45) is 4.16. The summed E-state index contributed by atoms with van der Waals surface area (Å²) in [7, 11) is 0. The second-order valence-corrected chi connectivity index (χ2v) is 7.67. The molecule has 1 aliphatic carbocycles. The summed E-state index contributed by atoms with van der Waals surface area (Å²) in [5.74, 6) is -0.0858. The second-order valence-electron chi connectivity index (χ2n) is 6.34. The van der Waals surface area contributed by atoms with Crippen LogP contribution in [0, 0.1) is 11.7 Å². The van der Waals surface area contributed by atoms with E-state index >= 15 is 0 Å². The van der Waals surface area contributed by atoms with Crippen LogP contribution in [0.3, 0.4) is 0 Å². The molecule has 1 aromatic rings. The third-order valence-corrected chi connectivity index (χ3v) is 5.22. The van der Waals surface area contributed by atoms with Gasteiger partial charge >= 0.3 is 5.97 Å². The van der Waals surface area contributed by atoms with Crippen molar-refractivity contribution in [2.45, 2.75) is 50.9 Å². The highest BCUT2D eigenvalue weighted by molar-refractivity contribution is 8.01. The molecule has 1 aliphatic rings. The van der Waals surface area contributed by atoms with E-state index in [1.165, 1.54) is 42.4 Å². The topological polar surface area (TPSA) is 55.4 Å². The maximum absolute atomic E-state index is 12.8. The molecular weight excluding hydrogens is 329 g/mol. The molecule has 2 rings (SSSR count). The first-order chi connectivity index (χ1) is 11.4. The van der Waals surface area contributed by atoms with Gasteiger partial charge in [-0.3, -0.25) is 9.59 Å². The van der Waals surface area contributed by atoms with E-state index in [1.54, 1.807) is 6.92 Å². The molecule has 0 aliphatic heterocycles. The first kappa shape index (κ1) is 18.8. The van der Waals surface area contributed by atoms with Crippen molar-refractivity contribution in [3.8, 4) is 0 Å². The number of halogens is 1. The number of carbonyl (C=O) groups excluding carboxylic acids is 2. The van der Waals surface area contributed by atoms with Crippen molar-refractivity contribution in [3.05, 3.63) is 30.1 Å². The van der Waals surface area contributed by atoms with E-state index in [0.717, 1.165) is 19.3 Å². The van der Waals surface area contributed by atoms with Gasteiger partial charge in [0, 0.05) is 5.69 Å². The lowest BCUT2D eigenvalue weighted by atomic mass is 9.89. The van der Waals surface area contributed by atoms with Gasteiger partial charge in [-0.25, -0.2) is 4.39 Å². The number of rotatable bonds is 6. The van der Waals surface area contributed by atoms with Crippen molar-refractivity contribution in [3.63, 3.8) is 0 Å². The third kappa shape index (κ3) is 6.15. The normalized spacial score (nSPS) is 21.8. The molecule has 3 atom stereocenters. The average molecular weight is 353 g/mol. The van der Waals surface area contributed by atoms with Gasteiger partial charge in [0.1, 0.15) is 17.2 Å². The summed E-state index contributed by atoms with van der Waals surface area (Å²) in [5, 5.41) is 2.28. The van der Waals surface area contributed by atoms with Crippen LogP contribution >= 0.6 is 11.8 Å². The molecule has 1 N–H and O–H groups in total. The highest BCUT2D eigenvalue weighted by Gasteiger charge is 2.25. The van der Waals surface area contributed by atoms with Crippen molar-refractivity contribution < 1.29 is 18.7 Å². The maximum atomic E-state index is 12.8. The molecule has 1 amide bonds. The van der Waals surface area contributed by atoms with Gasteiger partial charge in [0.2, 0.25) is 5.91 Å². The molecular formula is C18H24FNO3S. The minimum Gasteiger partial charge on any atom is -0.462 e. The van der Waals surface area contributed by atoms with Crippen molar-refractivity contribution in [2.24, 2.45) is 5.92 Å². The standard InChI is InChI=1S/C18H24FNO3S/c1-12-4-3-5-16(10-12)23-18(22)13(2)24-11-17(21)20-15-8-6-14(19)7-9-15/h6-9,12-13,16H,3-5,10-11H2,1-2H3,(H,20,21). The first-order valence-electron chi connectivity index (χ1n) is 8.31. The lowest BCUT2D eigenvalue weighted by Gasteiger charge is -2.27. The first-order valence-corrected chi connectivity index (χ1v) is 9.36. The van der Waals surface area contributed by atoms with E-state index in [9.17, 15) is 14.0 Å². The summed E-state index contributed by atoms with van der Waals surface area (Å²) < 4.78 is 18.4. The summed E-state index contributed by atoms with van der Waals surface area (Å²) >= 11 is 1.24. The molecule has 0 radical (unpaired) electrons. The summed E-state index contributed by atoms with van der Waals surface area (Å²) in [4.78, 5) is 24.0. The number of thioether (sulfide) groups is 1. The zero-order valence-corrected chi connectivity index (χ0v) is 14.9. The van der Waals surface area contributed by atoms with Gasteiger partial charge in [0.25, 0.3) is 0 Å². The minimum atomic E-state index is -0.388. The van der Waals surface area contributed by atoms with Crippen molar-refractivity contribution in [1.29, 1.82) is 0 Å². The maximum Gasteiger partial charge on any atom is 0.319 e. The van der Waals surface area contributed by atoms with Gasteiger partial charge in [0.05, 0.1) is 5.75 Å². The Hall–Kier alpha value is -1.56. The van der Waals surface area contributed by atoms with E-state index in [1.807, 2.05) is 0 Å². The van der Waals surface area contributed by atoms with E-state index in [0.29, 0.717) is 11.6 Å². The molecule has 0 aromatic heterocycles. The largest absolute Gasteiger partial charge is 0.462 e. The number of esters is 1. The number of nitrogens with one attached hydrogen (secondary N) is 1. The van der Waals surface area contributed by atoms with Gasteiger partial charge in [-0.15, -0.1) is 11.8 Å². The van der Waals surface area contributed by atoms with Gasteiger partial charge < -0.3 is 10.1 Å². The molecule has 1 aromatic carbocycles. The zero-order chi connectivity index (χ0) is 17.5. The number of amides is 1. The van der Waals surface area contributed by atoms with E-state index in [4.69, 9.17) is 4.74 Å². The predicted molar refractivity (Wildman–Crippen MR) is 94.5 cm³/mol. The van der Waals surface area contributed by atoms with Crippen LogP contribution in [-0.2, 0) is 14.3 Å². The van der Waals surface area contributed by atoms with Gasteiger partial charge in [-0.05, 0) is 56.4 Å². The smallest absolute Gasteiger partial charge is 0.319 e. The molecule has 1 saturated carbocycles. The second kappa shape index (κ2) is 9.06. The van der Waals surface area contributed by atoms with Crippen molar-refractivity contribution in [1.82, 2.24) is 0 Å². The Morgan fingerprint density at radius 3 is 2.71 bits per heavy atom. The molecule has 0 spiro atoms. The highest BCUT2D eigenvalue weighted by Crippen LogP contribution is 2.26. The van der Waals surface area contributed by atoms with Crippen LogP contribution in [0.15, 0.2) is 24.3 Å². The van der Waals surface area contributed by atoms with E-state index in [-0.39, 0.29) is 34.8 Å². The predicted octanol–water partition coefficient (Wildman–Crippen LogP) is 4.01. The van der Waals surface area contributed by atoms with Gasteiger partial charge in [0.15, 0.2) is 0 Å². The van der Waals surface area contributed by atoms with Crippen LogP contribution in [0.5, 0.6) is 0 Å². The molecule has 0 bridgehead atoms. The lowest BCUT2D eigenvalue weighted by Crippen LogP contribution is -2.29. The Morgan fingerprint density at radius 1 is 1.33 bits per heavy atom. The Morgan fingerprint density at radius 2 is 2.04 bits per heavy atom. The van der Waals surface area contributed by atoms with Crippen molar-refractivity contribution >= 4 is 29.3 Å². The molecule has 6 heteroatoms. The minimum absolute atomic E-state index is 0.0114. The molecule has 3 unspecified atom stereocenters. The fourth-order valence-electron chi connectivity index (χ4n) is 2.74. The lowest BCUT2D eigenvalue weighted by molar-refractivity contribution is -0.150. The van der Waals surface area contributed by atoms with Crippen LogP contribution in [0.2, 0.25) is 0 Å². The average Bonchev–Trinajstić information content (AvgIpc) is 2.54. The number of benzene rings is 1. The van der Waals surface area contributed by atoms with Crippen LogP contribution < -0.4 is 5.32 Å². The fraction of sp³-hybridized carbons (Fsp3) is 0.556. The summed E-state index contributed by atoms with van der Waals surface area (Å²) in [5.41, 5.74) is 0.536. The molecule has 132 valence electrons. The summed E-state index contributed by atoms with van der Waals surface area (Å²) in [6.45, 7) is 3.93. The fourth-order valence-corrected chi connectivity index (χ4v) is 3.41. The molecule has 1 fully saturated rings. The Bertz CT molecular complexity index is 564. The van der Waals surface area contributed by atoms with Crippen LogP contribution in [-0.4, -0.2) is 29.0 Å². The zero-order valence-electron chi connectivity index (χ0n) is 14.1. The third-order valence-electron chi connectivity index (χ3n) is 4.10. The van der Waals surface area contributed by atoms with Gasteiger partial charge in [-0.2, -0.15) is 0 Å². The van der Waals surface area contributed by atoms with Crippen molar-refractivity contribution in [2.75, 3.05) is 11.1 Å². The van der Waals surface area contributed by atoms with Gasteiger partial charge in [-0.1, -0.05) is 13.3 Å². The number of hydrogen-bond acceptors (Lipinski definition) is 4. The number of carbonyl (C=O) groups is 2. The van der Waals surface area contributed by atoms with Crippen LogP contribution in [0.25, 0.3) is 0 Å². The Kier molecular flexibility index (Phi) is 7.09. The number of hydrogen-bond donors (Lipinski definition) is 1. The monoisotopic (exact) mass is 353 g/mol.